The minimum atomic E-state index is -0.601. The Morgan fingerprint density at radius 3 is 2.61 bits per heavy atom. The third-order valence-electron chi connectivity index (χ3n) is 5.41. The van der Waals surface area contributed by atoms with Crippen LogP contribution in [0.15, 0.2) is 28.4 Å². The summed E-state index contributed by atoms with van der Waals surface area (Å²) in [5, 5.41) is 12.7. The lowest BCUT2D eigenvalue weighted by atomic mass is 10.1. The Morgan fingerprint density at radius 2 is 1.94 bits per heavy atom. The molecule has 0 saturated carbocycles. The predicted octanol–water partition coefficient (Wildman–Crippen LogP) is 3.52. The first-order valence-corrected chi connectivity index (χ1v) is 11.9. The lowest BCUT2D eigenvalue weighted by Crippen LogP contribution is -2.36. The van der Waals surface area contributed by atoms with E-state index in [0.717, 1.165) is 24.1 Å². The summed E-state index contributed by atoms with van der Waals surface area (Å²) in [5.41, 5.74) is 1.49. The molecular weight excluding hydrogens is 442 g/mol. The second kappa shape index (κ2) is 11.6. The highest BCUT2D eigenvalue weighted by molar-refractivity contribution is 7.17. The van der Waals surface area contributed by atoms with Crippen LogP contribution in [0.2, 0.25) is 0 Å². The number of nitrogens with one attached hydrogen (secondary N) is 1. The second-order valence-corrected chi connectivity index (χ2v) is 9.30. The van der Waals surface area contributed by atoms with E-state index in [9.17, 15) is 9.90 Å². The van der Waals surface area contributed by atoms with Crippen LogP contribution < -0.4 is 15.0 Å². The Hall–Kier alpha value is -2.46. The Morgan fingerprint density at radius 1 is 1.18 bits per heavy atom. The number of hydrogen-bond donors (Lipinski definition) is 2. The molecule has 0 unspecified atom stereocenters. The van der Waals surface area contributed by atoms with Gasteiger partial charge < -0.3 is 24.3 Å². The lowest BCUT2D eigenvalue weighted by Gasteiger charge is -2.25. The molecule has 9 heteroatoms. The van der Waals surface area contributed by atoms with E-state index in [1.54, 1.807) is 21.3 Å². The highest BCUT2D eigenvalue weighted by Gasteiger charge is 2.18. The van der Waals surface area contributed by atoms with Gasteiger partial charge in [0.25, 0.3) is 5.56 Å². The van der Waals surface area contributed by atoms with Crippen molar-refractivity contribution in [1.82, 2.24) is 14.9 Å². The van der Waals surface area contributed by atoms with Crippen LogP contribution in [-0.2, 0) is 11.3 Å². The van der Waals surface area contributed by atoms with Gasteiger partial charge in [0, 0.05) is 24.6 Å². The van der Waals surface area contributed by atoms with Crippen LogP contribution in [0.3, 0.4) is 0 Å². The van der Waals surface area contributed by atoms with Gasteiger partial charge in [-0.05, 0) is 36.6 Å². The zero-order chi connectivity index (χ0) is 24.0. The van der Waals surface area contributed by atoms with E-state index in [1.165, 1.54) is 11.3 Å². The van der Waals surface area contributed by atoms with E-state index in [4.69, 9.17) is 19.2 Å². The average molecular weight is 476 g/mol. The molecule has 33 heavy (non-hydrogen) atoms. The fourth-order valence-corrected chi connectivity index (χ4v) is 4.68. The van der Waals surface area contributed by atoms with Crippen LogP contribution in [0.1, 0.15) is 26.1 Å². The van der Waals surface area contributed by atoms with Gasteiger partial charge in [-0.1, -0.05) is 19.9 Å². The number of benzene rings is 1. The normalized spacial score (nSPS) is 12.6. The third-order valence-corrected chi connectivity index (χ3v) is 6.28. The number of thiophene rings is 1. The Balaban J connectivity index is 1.90. The summed E-state index contributed by atoms with van der Waals surface area (Å²) in [7, 11) is 4.75. The first-order valence-electron chi connectivity index (χ1n) is 11.0. The fourth-order valence-electron chi connectivity index (χ4n) is 3.72. The molecule has 0 radical (unpaired) electrons. The maximum absolute atomic E-state index is 13.1. The first kappa shape index (κ1) is 25.2. The molecular formula is C24H33N3O5S. The molecule has 0 saturated heterocycles. The minimum Gasteiger partial charge on any atom is -0.493 e. The minimum absolute atomic E-state index is 0.178. The number of fused-ring (bicyclic) bond motifs is 1. The monoisotopic (exact) mass is 475 g/mol. The van der Waals surface area contributed by atoms with Crippen LogP contribution in [0.5, 0.6) is 11.5 Å². The second-order valence-electron chi connectivity index (χ2n) is 8.44. The van der Waals surface area contributed by atoms with Gasteiger partial charge in [-0.15, -0.1) is 11.3 Å². The summed E-state index contributed by atoms with van der Waals surface area (Å²) in [4.78, 5) is 23.5. The Bertz CT molecular complexity index is 1110. The summed E-state index contributed by atoms with van der Waals surface area (Å²) in [6, 6.07) is 5.59. The summed E-state index contributed by atoms with van der Waals surface area (Å²) in [5.74, 6) is 2.35. The number of aromatic nitrogens is 2. The zero-order valence-electron chi connectivity index (χ0n) is 19.9. The number of aromatic amines is 1. The number of aliphatic hydroxyl groups excluding tert-OH is 1. The molecule has 0 aliphatic heterocycles. The molecule has 0 aliphatic rings. The highest BCUT2D eigenvalue weighted by atomic mass is 32.1. The van der Waals surface area contributed by atoms with Crippen molar-refractivity contribution in [3.05, 3.63) is 39.8 Å². The molecule has 3 rings (SSSR count). The number of methoxy groups -OCH3 is 3. The molecule has 2 aromatic heterocycles. The molecule has 2 N–H and O–H groups in total. The quantitative estimate of drug-likeness (QED) is 0.414. The number of H-pyrrole nitrogens is 1. The molecule has 8 nitrogen and oxygen atoms in total. The van der Waals surface area contributed by atoms with Crippen LogP contribution in [0.25, 0.3) is 21.3 Å². The number of nitrogens with zero attached hydrogens (tertiary/aromatic N) is 2. The molecule has 2 heterocycles. The van der Waals surface area contributed by atoms with Crippen molar-refractivity contribution in [3.63, 3.8) is 0 Å². The van der Waals surface area contributed by atoms with Crippen LogP contribution in [0.4, 0.5) is 0 Å². The molecule has 1 aromatic carbocycles. The van der Waals surface area contributed by atoms with Gasteiger partial charge in [0.1, 0.15) is 10.7 Å². The van der Waals surface area contributed by atoms with Gasteiger partial charge in [0.2, 0.25) is 0 Å². The van der Waals surface area contributed by atoms with E-state index >= 15 is 0 Å². The van der Waals surface area contributed by atoms with E-state index in [0.29, 0.717) is 46.5 Å². The molecule has 3 aromatic rings. The van der Waals surface area contributed by atoms with Crippen molar-refractivity contribution in [2.45, 2.75) is 32.9 Å². The van der Waals surface area contributed by atoms with E-state index in [2.05, 4.69) is 23.7 Å². The van der Waals surface area contributed by atoms with Crippen molar-refractivity contribution in [1.29, 1.82) is 0 Å². The predicted molar refractivity (Wildman–Crippen MR) is 131 cm³/mol. The van der Waals surface area contributed by atoms with Crippen LogP contribution >= 0.6 is 11.3 Å². The SMILES string of the molecule is COC[C@@H](O)CN(CCC(C)C)Cc1nc2scc(-c3ccc(OC)c(OC)c3)c2c(=O)[nH]1. The molecule has 180 valence electrons. The maximum Gasteiger partial charge on any atom is 0.260 e. The maximum atomic E-state index is 13.1. The van der Waals surface area contributed by atoms with Crippen molar-refractivity contribution >= 4 is 21.6 Å². The van der Waals surface area contributed by atoms with E-state index in [-0.39, 0.29) is 12.2 Å². The summed E-state index contributed by atoms with van der Waals surface area (Å²) in [6.07, 6.45) is 0.380. The van der Waals surface area contributed by atoms with Gasteiger partial charge in [-0.2, -0.15) is 0 Å². The number of ether oxygens (including phenoxy) is 3. The summed E-state index contributed by atoms with van der Waals surface area (Å²) < 4.78 is 15.8. The molecule has 1 atom stereocenters. The van der Waals surface area contributed by atoms with E-state index < -0.39 is 6.10 Å². The lowest BCUT2D eigenvalue weighted by molar-refractivity contribution is 0.0342. The van der Waals surface area contributed by atoms with Gasteiger partial charge in [0.05, 0.1) is 38.9 Å². The first-order chi connectivity index (χ1) is 15.9. The van der Waals surface area contributed by atoms with Gasteiger partial charge in [0.15, 0.2) is 11.5 Å². The topological polar surface area (TPSA) is 96.9 Å². The molecule has 0 amide bonds. The van der Waals surface area contributed by atoms with Crippen LogP contribution in [0, 0.1) is 5.92 Å². The van der Waals surface area contributed by atoms with E-state index in [1.807, 2.05) is 23.6 Å². The van der Waals surface area contributed by atoms with Gasteiger partial charge in [-0.25, -0.2) is 4.98 Å². The molecule has 0 spiro atoms. The number of hydrogen-bond acceptors (Lipinski definition) is 8. The van der Waals surface area contributed by atoms with Crippen molar-refractivity contribution < 1.29 is 19.3 Å². The van der Waals surface area contributed by atoms with Crippen molar-refractivity contribution in [2.75, 3.05) is 41.0 Å². The number of rotatable bonds is 12. The Kier molecular flexibility index (Phi) is 8.85. The van der Waals surface area contributed by atoms with Crippen molar-refractivity contribution in [2.24, 2.45) is 5.92 Å². The smallest absolute Gasteiger partial charge is 0.260 e. The highest BCUT2D eigenvalue weighted by Crippen LogP contribution is 2.36. The van der Waals surface area contributed by atoms with Crippen LogP contribution in [-0.4, -0.2) is 67.1 Å². The van der Waals surface area contributed by atoms with Gasteiger partial charge >= 0.3 is 0 Å². The van der Waals surface area contributed by atoms with Crippen molar-refractivity contribution in [3.8, 4) is 22.6 Å². The molecule has 0 bridgehead atoms. The standard InChI is InChI=1S/C24H33N3O5S/c1-15(2)8-9-27(11-17(28)13-30-3)12-21-25-23(29)22-18(14-33-24(22)26-21)16-6-7-19(31-4)20(10-16)32-5/h6-7,10,14-15,17,28H,8-9,11-13H2,1-5H3,(H,25,26,29)/t17-/m0/s1. The average Bonchev–Trinajstić information content (AvgIpc) is 3.21. The van der Waals surface area contributed by atoms with Gasteiger partial charge in [-0.3, -0.25) is 9.69 Å². The Labute approximate surface area is 198 Å². The summed E-state index contributed by atoms with van der Waals surface area (Å²) >= 11 is 1.44. The molecule has 0 aliphatic carbocycles. The zero-order valence-corrected chi connectivity index (χ0v) is 20.7. The third kappa shape index (κ3) is 6.32. The molecule has 0 fully saturated rings. The number of aliphatic hydroxyl groups is 1. The largest absolute Gasteiger partial charge is 0.493 e. The fraction of sp³-hybridized carbons (Fsp3) is 0.500. The summed E-state index contributed by atoms with van der Waals surface area (Å²) in [6.45, 7) is 6.28.